The number of ketones is 1. The summed E-state index contributed by atoms with van der Waals surface area (Å²) >= 11 is 3.14. The minimum Gasteiger partial charge on any atom is -0.392 e. The predicted molar refractivity (Wildman–Crippen MR) is 79.0 cm³/mol. The van der Waals surface area contributed by atoms with E-state index < -0.39 is 0 Å². The average molecular weight is 292 g/mol. The number of carbonyl (C=O) groups excluding carboxylic acids is 1. The molecule has 19 heavy (non-hydrogen) atoms. The fourth-order valence-electron chi connectivity index (χ4n) is 1.86. The van der Waals surface area contributed by atoms with Gasteiger partial charge in [-0.1, -0.05) is 6.07 Å². The number of aliphatic hydroxyl groups excluding tert-OH is 1. The monoisotopic (exact) mass is 292 g/mol. The summed E-state index contributed by atoms with van der Waals surface area (Å²) < 4.78 is 1.04. The van der Waals surface area contributed by atoms with Crippen LogP contribution in [0.2, 0.25) is 0 Å². The molecule has 0 saturated carbocycles. The fourth-order valence-corrected chi connectivity index (χ4v) is 4.08. The number of Topliss-reactive ketones (excluding diaryl/α,β-unsaturated/α-hetero) is 1. The van der Waals surface area contributed by atoms with E-state index in [-0.39, 0.29) is 18.4 Å². The highest BCUT2D eigenvalue weighted by atomic mass is 32.2. The van der Waals surface area contributed by atoms with E-state index in [1.54, 1.807) is 30.0 Å². The van der Waals surface area contributed by atoms with Gasteiger partial charge in [-0.3, -0.25) is 9.79 Å². The number of thiazole rings is 1. The minimum absolute atomic E-state index is 0.0330. The van der Waals surface area contributed by atoms with Gasteiger partial charge in [0, 0.05) is 5.75 Å². The summed E-state index contributed by atoms with van der Waals surface area (Å²) in [5, 5.41) is 10.8. The Hall–Kier alpha value is -1.24. The van der Waals surface area contributed by atoms with Crippen molar-refractivity contribution in [3.05, 3.63) is 28.8 Å². The van der Waals surface area contributed by atoms with Gasteiger partial charge in [0.25, 0.3) is 0 Å². The number of benzene rings is 1. The Morgan fingerprint density at radius 2 is 2.37 bits per heavy atom. The van der Waals surface area contributed by atoms with Crippen molar-refractivity contribution in [2.45, 2.75) is 19.6 Å². The summed E-state index contributed by atoms with van der Waals surface area (Å²) in [6, 6.07) is 5.50. The molecular weight excluding hydrogens is 280 g/mol. The lowest BCUT2D eigenvalue weighted by Gasteiger charge is -1.95. The highest BCUT2D eigenvalue weighted by Crippen LogP contribution is 2.30. The van der Waals surface area contributed by atoms with E-state index >= 15 is 0 Å². The SMILES string of the molecule is CC(=O)[C@H]1CSC(c2nc3ccc(CO)cc3s2)=N1. The van der Waals surface area contributed by atoms with Gasteiger partial charge in [-0.2, -0.15) is 0 Å². The number of hydrogen-bond donors (Lipinski definition) is 1. The van der Waals surface area contributed by atoms with Gasteiger partial charge in [0.1, 0.15) is 16.1 Å². The molecule has 1 aliphatic rings. The number of nitrogens with zero attached hydrogens (tertiary/aromatic N) is 2. The molecule has 0 radical (unpaired) electrons. The molecule has 4 nitrogen and oxygen atoms in total. The van der Waals surface area contributed by atoms with Crippen LogP contribution in [0.4, 0.5) is 0 Å². The lowest BCUT2D eigenvalue weighted by Crippen LogP contribution is -2.14. The van der Waals surface area contributed by atoms with Crippen LogP contribution < -0.4 is 0 Å². The Labute approximate surface area is 118 Å². The zero-order chi connectivity index (χ0) is 13.4. The standard InChI is InChI=1S/C13H12N2O2S2/c1-7(17)10-6-18-12(15-10)13-14-9-3-2-8(5-16)4-11(9)19-13/h2-4,10,16H,5-6H2,1H3/t10-/m1/s1. The number of aliphatic hydroxyl groups is 1. The van der Waals surface area contributed by atoms with E-state index in [9.17, 15) is 4.79 Å². The predicted octanol–water partition coefficient (Wildman–Crippen LogP) is 2.24. The largest absolute Gasteiger partial charge is 0.392 e. The minimum atomic E-state index is -0.222. The zero-order valence-corrected chi connectivity index (χ0v) is 11.9. The van der Waals surface area contributed by atoms with E-state index in [0.29, 0.717) is 5.75 Å². The summed E-state index contributed by atoms with van der Waals surface area (Å²) in [4.78, 5) is 20.3. The van der Waals surface area contributed by atoms with Crippen molar-refractivity contribution < 1.29 is 9.90 Å². The number of aromatic nitrogens is 1. The Kier molecular flexibility index (Phi) is 3.38. The maximum atomic E-state index is 11.3. The highest BCUT2D eigenvalue weighted by Gasteiger charge is 2.24. The molecule has 3 rings (SSSR count). The van der Waals surface area contributed by atoms with Gasteiger partial charge in [0.2, 0.25) is 0 Å². The molecule has 0 bridgehead atoms. The third-order valence-electron chi connectivity index (χ3n) is 2.94. The second-order valence-electron chi connectivity index (χ2n) is 4.35. The Bertz CT molecular complexity index is 678. The number of hydrogen-bond acceptors (Lipinski definition) is 6. The number of rotatable bonds is 3. The third kappa shape index (κ3) is 2.43. The quantitative estimate of drug-likeness (QED) is 0.942. The number of thioether (sulfide) groups is 1. The molecule has 0 fully saturated rings. The number of carbonyl (C=O) groups is 1. The summed E-state index contributed by atoms with van der Waals surface area (Å²) in [5.74, 6) is 0.814. The lowest BCUT2D eigenvalue weighted by atomic mass is 10.2. The van der Waals surface area contributed by atoms with Crippen molar-refractivity contribution in [1.29, 1.82) is 0 Å². The van der Waals surface area contributed by atoms with Gasteiger partial charge in [-0.05, 0) is 24.6 Å². The summed E-state index contributed by atoms with van der Waals surface area (Å²) in [6.45, 7) is 1.61. The highest BCUT2D eigenvalue weighted by molar-refractivity contribution is 8.15. The summed E-state index contributed by atoms with van der Waals surface area (Å²) in [7, 11) is 0. The average Bonchev–Trinajstić information content (AvgIpc) is 3.04. The topological polar surface area (TPSA) is 62.5 Å². The van der Waals surface area contributed by atoms with Gasteiger partial charge in [0.15, 0.2) is 5.78 Å². The van der Waals surface area contributed by atoms with Crippen molar-refractivity contribution in [3.8, 4) is 0 Å². The second-order valence-corrected chi connectivity index (χ2v) is 6.39. The maximum Gasteiger partial charge on any atom is 0.155 e. The van der Waals surface area contributed by atoms with Crippen LogP contribution in [0.5, 0.6) is 0 Å². The van der Waals surface area contributed by atoms with E-state index in [2.05, 4.69) is 9.98 Å². The van der Waals surface area contributed by atoms with Crippen LogP contribution in [-0.2, 0) is 11.4 Å². The van der Waals surface area contributed by atoms with E-state index in [1.165, 1.54) is 0 Å². The molecule has 2 aromatic rings. The van der Waals surface area contributed by atoms with Gasteiger partial charge in [-0.25, -0.2) is 4.98 Å². The van der Waals surface area contributed by atoms with Gasteiger partial charge in [-0.15, -0.1) is 23.1 Å². The second kappa shape index (κ2) is 5.03. The van der Waals surface area contributed by atoms with Gasteiger partial charge in [0.05, 0.1) is 16.8 Å². The molecule has 6 heteroatoms. The Balaban J connectivity index is 1.98. The molecule has 1 N–H and O–H groups in total. The van der Waals surface area contributed by atoms with Gasteiger partial charge >= 0.3 is 0 Å². The van der Waals surface area contributed by atoms with Crippen molar-refractivity contribution in [1.82, 2.24) is 4.98 Å². The fraction of sp³-hybridized carbons (Fsp3) is 0.308. The first kappa shape index (κ1) is 12.8. The van der Waals surface area contributed by atoms with Crippen LogP contribution in [0.25, 0.3) is 10.2 Å². The van der Waals surface area contributed by atoms with Crippen LogP contribution in [0.3, 0.4) is 0 Å². The first-order valence-electron chi connectivity index (χ1n) is 5.89. The van der Waals surface area contributed by atoms with Crippen LogP contribution >= 0.6 is 23.1 Å². The van der Waals surface area contributed by atoms with Crippen LogP contribution in [-0.4, -0.2) is 32.7 Å². The molecule has 1 aromatic carbocycles. The van der Waals surface area contributed by atoms with Crippen molar-refractivity contribution in [3.63, 3.8) is 0 Å². The molecular formula is C13H12N2O2S2. The maximum absolute atomic E-state index is 11.3. The van der Waals surface area contributed by atoms with Crippen molar-refractivity contribution in [2.75, 3.05) is 5.75 Å². The molecule has 0 aliphatic carbocycles. The van der Waals surface area contributed by atoms with Crippen molar-refractivity contribution >= 4 is 44.1 Å². The summed E-state index contributed by atoms with van der Waals surface area (Å²) in [5.41, 5.74) is 1.79. The molecule has 0 saturated heterocycles. The molecule has 0 spiro atoms. The number of aliphatic imine (C=N–C) groups is 1. The van der Waals surface area contributed by atoms with E-state index in [4.69, 9.17) is 5.11 Å². The van der Waals surface area contributed by atoms with Crippen molar-refractivity contribution in [2.24, 2.45) is 4.99 Å². The molecule has 0 unspecified atom stereocenters. The van der Waals surface area contributed by atoms with Crippen LogP contribution in [0, 0.1) is 0 Å². The molecule has 0 amide bonds. The van der Waals surface area contributed by atoms with Crippen LogP contribution in [0.15, 0.2) is 23.2 Å². The Morgan fingerprint density at radius 3 is 3.05 bits per heavy atom. The molecule has 1 atom stereocenters. The smallest absolute Gasteiger partial charge is 0.155 e. The first-order chi connectivity index (χ1) is 9.17. The zero-order valence-electron chi connectivity index (χ0n) is 10.3. The molecule has 2 heterocycles. The third-order valence-corrected chi connectivity index (χ3v) is 5.15. The first-order valence-corrected chi connectivity index (χ1v) is 7.69. The molecule has 1 aliphatic heterocycles. The lowest BCUT2D eigenvalue weighted by molar-refractivity contribution is -0.117. The Morgan fingerprint density at radius 1 is 1.53 bits per heavy atom. The van der Waals surface area contributed by atoms with E-state index in [0.717, 1.165) is 25.8 Å². The van der Waals surface area contributed by atoms with Gasteiger partial charge < -0.3 is 5.11 Å². The molecule has 98 valence electrons. The number of fused-ring (bicyclic) bond motifs is 1. The van der Waals surface area contributed by atoms with E-state index in [1.807, 2.05) is 18.2 Å². The molecule has 1 aromatic heterocycles. The van der Waals surface area contributed by atoms with Crippen LogP contribution in [0.1, 0.15) is 17.5 Å². The normalized spacial score (nSPS) is 18.8. The summed E-state index contributed by atoms with van der Waals surface area (Å²) in [6.07, 6.45) is 0.